The SMILES string of the molecule is CCOc1cc2nc(-c3cccc(C(F)(F)F)c3)c(C[N+]3(C4CCNCC4)CCCCC3)c(C(=O)OC)c2cc1S(C)(=O)=O. The van der Waals surface area contributed by atoms with E-state index in [9.17, 15) is 26.4 Å². The average molecular weight is 635 g/mol. The van der Waals surface area contributed by atoms with Gasteiger partial charge >= 0.3 is 12.1 Å². The maximum absolute atomic E-state index is 13.9. The summed E-state index contributed by atoms with van der Waals surface area (Å²) in [5.74, 6) is -0.646. The van der Waals surface area contributed by atoms with Crippen LogP contribution in [0.5, 0.6) is 5.75 Å². The molecule has 44 heavy (non-hydrogen) atoms. The number of aromatic nitrogens is 1. The lowest BCUT2D eigenvalue weighted by atomic mass is 9.90. The smallest absolute Gasteiger partial charge is 0.416 e. The van der Waals surface area contributed by atoms with Gasteiger partial charge in [-0.1, -0.05) is 12.1 Å². The van der Waals surface area contributed by atoms with Gasteiger partial charge in [-0.3, -0.25) is 0 Å². The summed E-state index contributed by atoms with van der Waals surface area (Å²) in [6.45, 7) is 5.69. The van der Waals surface area contributed by atoms with Gasteiger partial charge in [0, 0.05) is 54.8 Å². The molecule has 5 rings (SSSR count). The van der Waals surface area contributed by atoms with Crippen LogP contribution in [-0.4, -0.2) is 76.0 Å². The number of hydrogen-bond acceptors (Lipinski definition) is 7. The van der Waals surface area contributed by atoms with Crippen LogP contribution < -0.4 is 10.1 Å². The van der Waals surface area contributed by atoms with Gasteiger partial charge in [-0.25, -0.2) is 18.2 Å². The summed E-state index contributed by atoms with van der Waals surface area (Å²) in [6.07, 6.45) is 1.42. The molecule has 2 aromatic carbocycles. The van der Waals surface area contributed by atoms with Gasteiger partial charge in [0.1, 0.15) is 17.2 Å². The Kier molecular flexibility index (Phi) is 9.25. The molecule has 12 heteroatoms. The highest BCUT2D eigenvalue weighted by atomic mass is 32.2. The molecule has 3 heterocycles. The first-order valence-electron chi connectivity index (χ1n) is 15.0. The minimum Gasteiger partial charge on any atom is -0.492 e. The number of sulfone groups is 1. The van der Waals surface area contributed by atoms with Crippen LogP contribution in [0.3, 0.4) is 0 Å². The number of nitrogens with one attached hydrogen (secondary N) is 1. The van der Waals surface area contributed by atoms with Crippen LogP contribution in [0, 0.1) is 0 Å². The zero-order valence-corrected chi connectivity index (χ0v) is 26.1. The van der Waals surface area contributed by atoms with E-state index in [-0.39, 0.29) is 45.0 Å². The molecule has 2 aliphatic rings. The second-order valence-electron chi connectivity index (χ2n) is 11.8. The first kappa shape index (κ1) is 32.2. The van der Waals surface area contributed by atoms with Gasteiger partial charge in [0.05, 0.1) is 55.2 Å². The van der Waals surface area contributed by atoms with Gasteiger partial charge in [0.15, 0.2) is 9.84 Å². The van der Waals surface area contributed by atoms with E-state index in [2.05, 4.69) is 5.32 Å². The minimum atomic E-state index is -4.58. The summed E-state index contributed by atoms with van der Waals surface area (Å²) in [4.78, 5) is 18.5. The van der Waals surface area contributed by atoms with Crippen molar-refractivity contribution in [1.82, 2.24) is 10.3 Å². The molecule has 1 N–H and O–H groups in total. The first-order valence-corrected chi connectivity index (χ1v) is 16.9. The number of ether oxygens (including phenoxy) is 2. The van der Waals surface area contributed by atoms with Gasteiger partial charge in [-0.2, -0.15) is 13.2 Å². The van der Waals surface area contributed by atoms with Crippen LogP contribution in [-0.2, 0) is 27.3 Å². The van der Waals surface area contributed by atoms with Crippen molar-refractivity contribution in [2.45, 2.75) is 62.7 Å². The zero-order chi connectivity index (χ0) is 31.7. The van der Waals surface area contributed by atoms with Crippen molar-refractivity contribution in [3.8, 4) is 17.0 Å². The number of rotatable bonds is 8. The Morgan fingerprint density at radius 2 is 1.80 bits per heavy atom. The van der Waals surface area contributed by atoms with E-state index in [1.807, 2.05) is 0 Å². The maximum Gasteiger partial charge on any atom is 0.416 e. The van der Waals surface area contributed by atoms with Crippen LogP contribution in [0.25, 0.3) is 22.2 Å². The highest BCUT2D eigenvalue weighted by molar-refractivity contribution is 7.90. The molecule has 0 bridgehead atoms. The lowest BCUT2D eigenvalue weighted by molar-refractivity contribution is -0.968. The number of piperidine rings is 2. The van der Waals surface area contributed by atoms with Crippen molar-refractivity contribution in [1.29, 1.82) is 0 Å². The predicted molar refractivity (Wildman–Crippen MR) is 161 cm³/mol. The molecular weight excluding hydrogens is 595 g/mol. The van der Waals surface area contributed by atoms with Crippen molar-refractivity contribution >= 4 is 26.7 Å². The van der Waals surface area contributed by atoms with E-state index in [0.29, 0.717) is 22.6 Å². The van der Waals surface area contributed by atoms with Crippen LogP contribution in [0.4, 0.5) is 13.2 Å². The van der Waals surface area contributed by atoms with Gasteiger partial charge in [-0.15, -0.1) is 0 Å². The Labute approximate surface area is 256 Å². The van der Waals surface area contributed by atoms with Gasteiger partial charge in [0.2, 0.25) is 0 Å². The number of benzene rings is 2. The number of carbonyl (C=O) groups excluding carboxylic acids is 1. The van der Waals surface area contributed by atoms with Crippen LogP contribution in [0.1, 0.15) is 60.5 Å². The highest BCUT2D eigenvalue weighted by Gasteiger charge is 2.41. The van der Waals surface area contributed by atoms with E-state index >= 15 is 0 Å². The molecule has 0 saturated carbocycles. The Bertz CT molecular complexity index is 1650. The number of pyridine rings is 1. The fraction of sp³-hybridized carbons (Fsp3) is 0.500. The second kappa shape index (κ2) is 12.6. The number of nitrogens with zero attached hydrogens (tertiary/aromatic N) is 2. The molecule has 8 nitrogen and oxygen atoms in total. The number of esters is 1. The zero-order valence-electron chi connectivity index (χ0n) is 25.3. The molecule has 3 aromatic rings. The number of hydrogen-bond donors (Lipinski definition) is 1. The van der Waals surface area contributed by atoms with Crippen LogP contribution in [0.15, 0.2) is 41.3 Å². The Morgan fingerprint density at radius 1 is 1.09 bits per heavy atom. The van der Waals surface area contributed by atoms with Crippen LogP contribution in [0.2, 0.25) is 0 Å². The van der Waals surface area contributed by atoms with Crippen molar-refractivity contribution in [2.75, 3.05) is 46.2 Å². The number of halogens is 3. The number of carbonyl (C=O) groups is 1. The number of fused-ring (bicyclic) bond motifs is 1. The fourth-order valence-corrected chi connectivity index (χ4v) is 7.72. The highest BCUT2D eigenvalue weighted by Crippen LogP contribution is 2.41. The molecule has 0 amide bonds. The monoisotopic (exact) mass is 634 g/mol. The topological polar surface area (TPSA) is 94.6 Å². The lowest BCUT2D eigenvalue weighted by Crippen LogP contribution is -2.60. The number of alkyl halides is 3. The molecular formula is C32H39F3N3O5S+. The number of likely N-dealkylation sites (tertiary alicyclic amines) is 1. The van der Waals surface area contributed by atoms with Gasteiger partial charge in [0.25, 0.3) is 0 Å². The van der Waals surface area contributed by atoms with Crippen molar-refractivity contribution < 1.29 is 40.3 Å². The minimum absolute atomic E-state index is 0.0581. The lowest BCUT2D eigenvalue weighted by Gasteiger charge is -2.49. The molecule has 1 aromatic heterocycles. The third-order valence-electron chi connectivity index (χ3n) is 8.97. The van der Waals surface area contributed by atoms with E-state index in [1.165, 1.54) is 25.3 Å². The Morgan fingerprint density at radius 3 is 2.41 bits per heavy atom. The van der Waals surface area contributed by atoms with Gasteiger partial charge in [-0.05, 0) is 44.4 Å². The van der Waals surface area contributed by atoms with Gasteiger partial charge < -0.3 is 19.3 Å². The second-order valence-corrected chi connectivity index (χ2v) is 13.8. The molecule has 2 aliphatic heterocycles. The molecule has 2 saturated heterocycles. The predicted octanol–water partition coefficient (Wildman–Crippen LogP) is 5.76. The van der Waals surface area contributed by atoms with E-state index in [1.54, 1.807) is 13.0 Å². The standard InChI is InChI=1S/C32H39F3N3O5S/c1-4-43-27-19-26-24(18-28(27)44(3,40)41)29(31(39)42-2)25(30(37-26)21-9-8-10-22(17-21)32(33,34)35)20-38(15-6-5-7-16-38)23-11-13-36-14-12-23/h8-10,17-19,23,36H,4-7,11-16,20H2,1-3H3/q+1. The van der Waals surface area contributed by atoms with Crippen molar-refractivity contribution in [3.63, 3.8) is 0 Å². The third-order valence-corrected chi connectivity index (χ3v) is 10.1. The normalized spacial score (nSPS) is 17.9. The largest absolute Gasteiger partial charge is 0.492 e. The summed E-state index contributed by atoms with van der Waals surface area (Å²) in [5.41, 5.74) is 0.445. The fourth-order valence-electron chi connectivity index (χ4n) is 6.90. The molecule has 0 aliphatic carbocycles. The van der Waals surface area contributed by atoms with E-state index < -0.39 is 27.5 Å². The summed E-state index contributed by atoms with van der Waals surface area (Å²) in [7, 11) is -2.55. The summed E-state index contributed by atoms with van der Waals surface area (Å²) >= 11 is 0. The quantitative estimate of drug-likeness (QED) is 0.249. The Hall–Kier alpha value is -3.22. The van der Waals surface area contributed by atoms with E-state index in [0.717, 1.165) is 76.7 Å². The Balaban J connectivity index is 1.86. The molecule has 238 valence electrons. The first-order chi connectivity index (χ1) is 20.9. The molecule has 0 atom stereocenters. The summed E-state index contributed by atoms with van der Waals surface area (Å²) < 4.78 is 79.0. The number of methoxy groups -OCH3 is 1. The molecule has 0 unspecified atom stereocenters. The summed E-state index contributed by atoms with van der Waals surface area (Å²) in [6, 6.07) is 8.08. The van der Waals surface area contributed by atoms with Crippen LogP contribution >= 0.6 is 0 Å². The molecule has 0 radical (unpaired) electrons. The number of quaternary nitrogens is 1. The molecule has 0 spiro atoms. The van der Waals surface area contributed by atoms with E-state index in [4.69, 9.17) is 14.5 Å². The maximum atomic E-state index is 13.9. The molecule has 2 fully saturated rings. The average Bonchev–Trinajstić information content (AvgIpc) is 3.00. The third kappa shape index (κ3) is 6.43. The van der Waals surface area contributed by atoms with Crippen molar-refractivity contribution in [2.24, 2.45) is 0 Å². The van der Waals surface area contributed by atoms with Crippen molar-refractivity contribution in [3.05, 3.63) is 53.1 Å². The summed E-state index contributed by atoms with van der Waals surface area (Å²) in [5, 5.41) is 3.68.